The summed E-state index contributed by atoms with van der Waals surface area (Å²) < 4.78 is 106. The molecule has 8 rings (SSSR count). The van der Waals surface area contributed by atoms with Gasteiger partial charge in [0.1, 0.15) is 48.1 Å². The molecule has 54 heavy (non-hydrogen) atoms. The van der Waals surface area contributed by atoms with Gasteiger partial charge in [-0.1, -0.05) is 18.2 Å². The van der Waals surface area contributed by atoms with Gasteiger partial charge in [0, 0.05) is 0 Å². The van der Waals surface area contributed by atoms with E-state index in [4.69, 9.17) is 48.3 Å². The van der Waals surface area contributed by atoms with Gasteiger partial charge in [-0.3, -0.25) is 27.2 Å². The maximum Gasteiger partial charge on any atom is 0.478 e. The van der Waals surface area contributed by atoms with Crippen LogP contribution in [0.5, 0.6) is 0 Å². The number of ether oxygens (including phenoxy) is 3. The molecule has 0 aliphatic carbocycles. The van der Waals surface area contributed by atoms with Crippen LogP contribution in [0.3, 0.4) is 0 Å². The van der Waals surface area contributed by atoms with E-state index in [2.05, 4.69) is 29.9 Å². The first-order valence-corrected chi connectivity index (χ1v) is 18.8. The van der Waals surface area contributed by atoms with Crippen LogP contribution in [0.4, 0.5) is 20.4 Å². The highest BCUT2D eigenvalue weighted by Gasteiger charge is 2.55. The Morgan fingerprint density at radius 3 is 1.93 bits per heavy atom. The van der Waals surface area contributed by atoms with Crippen LogP contribution in [0, 0.1) is 0 Å². The normalized spacial score (nSPS) is 33.2. The van der Waals surface area contributed by atoms with Gasteiger partial charge in [-0.05, 0) is 12.1 Å². The van der Waals surface area contributed by atoms with Crippen molar-refractivity contribution in [1.82, 2.24) is 39.0 Å². The van der Waals surface area contributed by atoms with Gasteiger partial charge in [0.15, 0.2) is 47.7 Å². The molecule has 4 aromatic heterocycles. The molecule has 3 saturated heterocycles. The number of alkyl halides is 2. The summed E-state index contributed by atoms with van der Waals surface area (Å²) in [6, 6.07) is 7.72. The Hall–Kier alpha value is -4.61. The molecule has 3 fully saturated rings. The number of hydrogen-bond donors (Lipinski definition) is 3. The third kappa shape index (κ3) is 6.81. The lowest BCUT2D eigenvalue weighted by atomic mass is 10.1. The van der Waals surface area contributed by atoms with Gasteiger partial charge in [-0.15, -0.1) is 0 Å². The summed E-state index contributed by atoms with van der Waals surface area (Å²) in [5.41, 5.74) is 12.2. The van der Waals surface area contributed by atoms with Gasteiger partial charge in [0.2, 0.25) is 6.79 Å². The van der Waals surface area contributed by atoms with E-state index in [1.165, 1.54) is 12.1 Å². The predicted molar refractivity (Wildman–Crippen MR) is 174 cm³/mol. The van der Waals surface area contributed by atoms with Gasteiger partial charge in [-0.25, -0.2) is 57.1 Å². The lowest BCUT2D eigenvalue weighted by molar-refractivity contribution is -0.0738. The van der Waals surface area contributed by atoms with E-state index in [1.807, 2.05) is 0 Å². The van der Waals surface area contributed by atoms with Gasteiger partial charge in [-0.2, -0.15) is 0 Å². The molecule has 3 aliphatic heterocycles. The number of benzene rings is 1. The number of phosphoric ester groups is 2. The number of esters is 1. The first-order chi connectivity index (χ1) is 25.9. The van der Waals surface area contributed by atoms with E-state index in [0.717, 1.165) is 34.4 Å². The van der Waals surface area contributed by atoms with Crippen LogP contribution in [0.1, 0.15) is 22.8 Å². The first-order valence-electron chi connectivity index (χ1n) is 15.8. The van der Waals surface area contributed by atoms with Crippen LogP contribution in [0.25, 0.3) is 22.3 Å². The molecule has 22 nitrogen and oxygen atoms in total. The minimum Gasteiger partial charge on any atom is -0.434 e. The molecular weight excluding hydrogens is 768 g/mol. The molecule has 0 bridgehead atoms. The number of imidazole rings is 2. The van der Waals surface area contributed by atoms with Crippen molar-refractivity contribution in [3.05, 3.63) is 61.2 Å². The molecule has 0 amide bonds. The van der Waals surface area contributed by atoms with Gasteiger partial charge >= 0.3 is 21.6 Å². The monoisotopic (exact) mass is 796 g/mol. The molecule has 0 saturated carbocycles. The highest BCUT2D eigenvalue weighted by Crippen LogP contribution is 2.57. The lowest BCUT2D eigenvalue weighted by Gasteiger charge is -2.28. The van der Waals surface area contributed by atoms with Gasteiger partial charge < -0.3 is 30.6 Å². The van der Waals surface area contributed by atoms with E-state index in [-0.39, 0.29) is 39.5 Å². The molecule has 3 aliphatic rings. The molecule has 0 radical (unpaired) electrons. The topological polar surface area (TPSA) is 285 Å². The van der Waals surface area contributed by atoms with E-state index >= 15 is 8.78 Å². The molecule has 0 spiro atoms. The van der Waals surface area contributed by atoms with Crippen LogP contribution in [0.15, 0.2) is 55.6 Å². The molecule has 1 aromatic carbocycles. The minimum atomic E-state index is -5.21. The Kier molecular flexibility index (Phi) is 9.58. The number of phosphoric acid groups is 2. The predicted octanol–water partition coefficient (Wildman–Crippen LogP) is 2.16. The summed E-state index contributed by atoms with van der Waals surface area (Å²) in [5, 5.41) is 0. The van der Waals surface area contributed by atoms with Crippen molar-refractivity contribution in [2.45, 2.75) is 49.2 Å². The Balaban J connectivity index is 1.10. The third-order valence-corrected chi connectivity index (χ3v) is 10.9. The summed E-state index contributed by atoms with van der Waals surface area (Å²) in [6.07, 6.45) is -10.4. The Morgan fingerprint density at radius 2 is 1.35 bits per heavy atom. The number of nitrogens with zero attached hydrogens (tertiary/aromatic N) is 8. The van der Waals surface area contributed by atoms with Gasteiger partial charge in [0.05, 0.1) is 31.4 Å². The number of nitrogen functional groups attached to an aromatic ring is 2. The summed E-state index contributed by atoms with van der Waals surface area (Å²) in [4.78, 5) is 47.3. The summed E-state index contributed by atoms with van der Waals surface area (Å²) >= 11 is 0. The first kappa shape index (κ1) is 36.4. The van der Waals surface area contributed by atoms with Gasteiger partial charge in [0.25, 0.3) is 0 Å². The highest BCUT2D eigenvalue weighted by molar-refractivity contribution is 7.48. The zero-order chi connectivity index (χ0) is 37.8. The second-order valence-corrected chi connectivity index (χ2v) is 14.9. The Bertz CT molecular complexity index is 2290. The number of halogens is 2. The maximum absolute atomic E-state index is 16.5. The Labute approximate surface area is 300 Å². The van der Waals surface area contributed by atoms with Crippen LogP contribution in [-0.4, -0.2) is 107 Å². The van der Waals surface area contributed by atoms with Crippen molar-refractivity contribution < 1.29 is 64.4 Å². The fraction of sp³-hybridized carbons (Fsp3) is 0.393. The molecule has 1 unspecified atom stereocenters. The fourth-order valence-corrected chi connectivity index (χ4v) is 8.25. The number of hydrogen-bond acceptors (Lipinski definition) is 19. The van der Waals surface area contributed by atoms with E-state index in [1.54, 1.807) is 18.2 Å². The lowest BCUT2D eigenvalue weighted by Crippen LogP contribution is -2.37. The number of fused-ring (bicyclic) bond motifs is 4. The minimum absolute atomic E-state index is 0.0190. The molecular formula is C28H28F2N10O12P2. The Morgan fingerprint density at radius 1 is 0.815 bits per heavy atom. The van der Waals surface area contributed by atoms with Crippen LogP contribution < -0.4 is 11.5 Å². The molecule has 286 valence electrons. The average Bonchev–Trinajstić information content (AvgIpc) is 3.92. The number of nitrogens with two attached hydrogens (primary N) is 2. The number of carbonyl (C=O) groups is 1. The van der Waals surface area contributed by atoms with Crippen LogP contribution in [-0.2, 0) is 46.0 Å². The number of anilines is 2. The number of aromatic nitrogens is 8. The van der Waals surface area contributed by atoms with Crippen LogP contribution >= 0.6 is 15.6 Å². The molecule has 26 heteroatoms. The molecule has 5 aromatic rings. The van der Waals surface area contributed by atoms with E-state index in [0.29, 0.717) is 0 Å². The van der Waals surface area contributed by atoms with Crippen molar-refractivity contribution >= 4 is 55.6 Å². The quantitative estimate of drug-likeness (QED) is 0.126. The zero-order valence-electron chi connectivity index (χ0n) is 27.3. The van der Waals surface area contributed by atoms with E-state index in [9.17, 15) is 18.8 Å². The smallest absolute Gasteiger partial charge is 0.434 e. The SMILES string of the molecule is Nc1ncnc2c1ncn2[C@@H]1O[C@@H]2CO[P@@](=O)(OCOC(=O)c3ccccc3)O[C@H]3[C@@H](F)[C@H](n4cnc5c(N)ncnc54)O[C@@H]3COP(=O)(O)O[C@H]2[C@H]1F. The average molecular weight is 797 g/mol. The largest absolute Gasteiger partial charge is 0.478 e. The third-order valence-electron chi connectivity index (χ3n) is 8.57. The molecule has 7 heterocycles. The van der Waals surface area contributed by atoms with Crippen molar-refractivity contribution in [3.8, 4) is 0 Å². The summed E-state index contributed by atoms with van der Waals surface area (Å²) in [5.74, 6) is -0.919. The van der Waals surface area contributed by atoms with Crippen molar-refractivity contribution in [1.29, 1.82) is 0 Å². The molecule has 10 atom stereocenters. The number of carbonyl (C=O) groups excluding carboxylic acids is 1. The second-order valence-electron chi connectivity index (χ2n) is 11.9. The van der Waals surface area contributed by atoms with Crippen LogP contribution in [0.2, 0.25) is 0 Å². The fourth-order valence-electron chi connectivity index (χ4n) is 6.03. The summed E-state index contributed by atoms with van der Waals surface area (Å²) in [6.45, 7) is -2.89. The van der Waals surface area contributed by atoms with E-state index < -0.39 is 90.8 Å². The highest BCUT2D eigenvalue weighted by atomic mass is 31.2. The van der Waals surface area contributed by atoms with Crippen molar-refractivity contribution in [2.24, 2.45) is 0 Å². The maximum atomic E-state index is 16.5. The number of rotatable bonds is 6. The zero-order valence-corrected chi connectivity index (χ0v) is 29.0. The second kappa shape index (κ2) is 14.2. The molecule has 5 N–H and O–H groups in total. The van der Waals surface area contributed by atoms with Crippen molar-refractivity contribution in [2.75, 3.05) is 31.5 Å². The summed E-state index contributed by atoms with van der Waals surface area (Å²) in [7, 11) is -10.3. The van der Waals surface area contributed by atoms with Crippen molar-refractivity contribution in [3.63, 3.8) is 0 Å². The standard InChI is InChI=1S/C28H28F2N10O12P2/c29-16-20-15(50-26(16)39-10-37-18-22(31)33-8-35-24(18)39)7-47-54(44,48-12-45-28(41)13-4-2-1-3-5-13)52-21-14(6-46-53(42,43)51-20)49-27(17(21)30)40-11-38-19-23(32)34-9-36-25(19)40/h1-5,8-11,14-17,20-21,26-27H,6-7,12H2,(H,42,43)(H2,31,33,35)(H2,32,34,36)/t14-,15-,16-,17-,20-,21-,26-,27-,54+/m1/s1.